The molecule has 1 aromatic carbocycles. The molecule has 0 radical (unpaired) electrons. The van der Waals surface area contributed by atoms with Gasteiger partial charge < -0.3 is 15.7 Å². The average molecular weight is 311 g/mol. The second-order valence-electron chi connectivity index (χ2n) is 5.31. The van der Waals surface area contributed by atoms with Gasteiger partial charge in [0.25, 0.3) is 0 Å². The average Bonchev–Trinajstić information content (AvgIpc) is 2.45. The lowest BCUT2D eigenvalue weighted by Gasteiger charge is -2.38. The number of nitrogens with zero attached hydrogens (tertiary/aromatic N) is 1. The Morgan fingerprint density at radius 1 is 1.38 bits per heavy atom. The summed E-state index contributed by atoms with van der Waals surface area (Å²) in [7, 11) is 0. The summed E-state index contributed by atoms with van der Waals surface area (Å²) in [5.41, 5.74) is 6.46. The number of amides is 1. The van der Waals surface area contributed by atoms with Gasteiger partial charge in [-0.15, -0.1) is 0 Å². The highest BCUT2D eigenvalue weighted by molar-refractivity contribution is 6.33. The van der Waals surface area contributed by atoms with Gasteiger partial charge in [0, 0.05) is 24.6 Å². The van der Waals surface area contributed by atoms with Gasteiger partial charge in [-0.1, -0.05) is 11.6 Å². The van der Waals surface area contributed by atoms with Crippen molar-refractivity contribution in [2.45, 2.75) is 38.1 Å². The third kappa shape index (κ3) is 3.88. The number of hydrogen-bond acceptors (Lipinski definition) is 3. The number of carboxylic acids is 1. The molecule has 21 heavy (non-hydrogen) atoms. The highest BCUT2D eigenvalue weighted by Crippen LogP contribution is 2.33. The normalized spacial score (nSPS) is 18.5. The summed E-state index contributed by atoms with van der Waals surface area (Å²) >= 11 is 6.27. The van der Waals surface area contributed by atoms with Gasteiger partial charge in [0.1, 0.15) is 0 Å². The Morgan fingerprint density at radius 3 is 2.76 bits per heavy atom. The van der Waals surface area contributed by atoms with E-state index in [9.17, 15) is 9.59 Å². The van der Waals surface area contributed by atoms with Gasteiger partial charge in [-0.25, -0.2) is 0 Å². The summed E-state index contributed by atoms with van der Waals surface area (Å²) in [6.45, 7) is 0.847. The van der Waals surface area contributed by atoms with Crippen LogP contribution in [0.25, 0.3) is 0 Å². The van der Waals surface area contributed by atoms with Crippen molar-refractivity contribution in [1.29, 1.82) is 0 Å². The van der Waals surface area contributed by atoms with Crippen LogP contribution in [0.2, 0.25) is 5.02 Å². The summed E-state index contributed by atoms with van der Waals surface area (Å²) in [4.78, 5) is 24.1. The molecule has 1 fully saturated rings. The second kappa shape index (κ2) is 6.80. The number of carboxylic acid groups (broad SMARTS) is 1. The molecule has 114 valence electrons. The lowest BCUT2D eigenvalue weighted by Crippen LogP contribution is -2.40. The van der Waals surface area contributed by atoms with E-state index in [1.807, 2.05) is 0 Å². The molecule has 5 nitrogen and oxygen atoms in total. The third-order valence-corrected chi connectivity index (χ3v) is 4.16. The number of rotatable bonds is 5. The van der Waals surface area contributed by atoms with Gasteiger partial charge in [0.2, 0.25) is 5.91 Å². The summed E-state index contributed by atoms with van der Waals surface area (Å²) in [6, 6.07) is 5.20. The largest absolute Gasteiger partial charge is 0.481 e. The van der Waals surface area contributed by atoms with E-state index < -0.39 is 11.9 Å². The Hall–Kier alpha value is -1.75. The standard InChI is InChI=1S/C15H19ClN2O3/c16-12-9-10(15(17)21)4-6-13(12)18-8-2-1-3-11(18)5-7-14(19)20/h4,6,9,11H,1-3,5,7-8H2,(H2,17,21)(H,19,20). The Morgan fingerprint density at radius 2 is 2.14 bits per heavy atom. The molecule has 1 atom stereocenters. The van der Waals surface area contributed by atoms with E-state index in [4.69, 9.17) is 22.4 Å². The number of hydrogen-bond donors (Lipinski definition) is 2. The van der Waals surface area contributed by atoms with Crippen LogP contribution in [0.4, 0.5) is 5.69 Å². The van der Waals surface area contributed by atoms with E-state index in [0.717, 1.165) is 31.5 Å². The molecule has 3 N–H and O–H groups in total. The van der Waals surface area contributed by atoms with E-state index >= 15 is 0 Å². The van der Waals surface area contributed by atoms with Crippen LogP contribution in [0.5, 0.6) is 0 Å². The van der Waals surface area contributed by atoms with Crippen LogP contribution < -0.4 is 10.6 Å². The lowest BCUT2D eigenvalue weighted by atomic mass is 9.97. The van der Waals surface area contributed by atoms with Gasteiger partial charge >= 0.3 is 5.97 Å². The Bertz CT molecular complexity index is 548. The van der Waals surface area contributed by atoms with E-state index in [1.54, 1.807) is 18.2 Å². The molecule has 0 spiro atoms. The van der Waals surface area contributed by atoms with E-state index in [1.165, 1.54) is 0 Å². The summed E-state index contributed by atoms with van der Waals surface area (Å²) in [5.74, 6) is -1.29. The fourth-order valence-electron chi connectivity index (χ4n) is 2.80. The number of piperidine rings is 1. The minimum atomic E-state index is -0.782. The van der Waals surface area contributed by atoms with Crippen LogP contribution in [0.1, 0.15) is 42.5 Å². The molecule has 1 unspecified atom stereocenters. The van der Waals surface area contributed by atoms with Gasteiger partial charge in [-0.05, 0) is 43.9 Å². The molecule has 0 bridgehead atoms. The zero-order valence-electron chi connectivity index (χ0n) is 11.7. The molecule has 1 heterocycles. The molecule has 1 saturated heterocycles. The first-order valence-electron chi connectivity index (χ1n) is 7.07. The summed E-state index contributed by atoms with van der Waals surface area (Å²) in [5, 5.41) is 9.34. The van der Waals surface area contributed by atoms with Crippen molar-refractivity contribution in [1.82, 2.24) is 0 Å². The molecular weight excluding hydrogens is 292 g/mol. The number of anilines is 1. The molecule has 0 saturated carbocycles. The summed E-state index contributed by atoms with van der Waals surface area (Å²) < 4.78 is 0. The van der Waals surface area contributed by atoms with Crippen LogP contribution in [-0.2, 0) is 4.79 Å². The Balaban J connectivity index is 2.20. The molecule has 1 amide bonds. The number of primary amides is 1. The van der Waals surface area contributed by atoms with E-state index in [0.29, 0.717) is 17.0 Å². The quantitative estimate of drug-likeness (QED) is 0.875. The predicted molar refractivity (Wildman–Crippen MR) is 81.8 cm³/mol. The molecule has 2 rings (SSSR count). The van der Waals surface area contributed by atoms with Crippen LogP contribution in [0.15, 0.2) is 18.2 Å². The smallest absolute Gasteiger partial charge is 0.303 e. The molecule has 0 aliphatic carbocycles. The van der Waals surface area contributed by atoms with E-state index in [-0.39, 0.29) is 12.5 Å². The minimum Gasteiger partial charge on any atom is -0.481 e. The highest BCUT2D eigenvalue weighted by Gasteiger charge is 2.25. The van der Waals surface area contributed by atoms with Crippen LogP contribution >= 0.6 is 11.6 Å². The fourth-order valence-corrected chi connectivity index (χ4v) is 3.09. The Kier molecular flexibility index (Phi) is 5.07. The second-order valence-corrected chi connectivity index (χ2v) is 5.71. The Labute approximate surface area is 128 Å². The minimum absolute atomic E-state index is 0.151. The molecule has 1 aromatic rings. The van der Waals surface area contributed by atoms with Crippen LogP contribution in [-0.4, -0.2) is 29.6 Å². The van der Waals surface area contributed by atoms with Crippen LogP contribution in [0.3, 0.4) is 0 Å². The monoisotopic (exact) mass is 310 g/mol. The van der Waals surface area contributed by atoms with Crippen molar-refractivity contribution in [2.24, 2.45) is 5.73 Å². The van der Waals surface area contributed by atoms with Gasteiger partial charge in [0.15, 0.2) is 0 Å². The molecule has 6 heteroatoms. The molecule has 0 aromatic heterocycles. The zero-order valence-corrected chi connectivity index (χ0v) is 12.5. The first-order chi connectivity index (χ1) is 9.99. The maximum atomic E-state index is 11.2. The van der Waals surface area contributed by atoms with E-state index in [2.05, 4.69) is 4.90 Å². The summed E-state index contributed by atoms with van der Waals surface area (Å²) in [6.07, 6.45) is 3.86. The predicted octanol–water partition coefficient (Wildman–Crippen LogP) is 2.66. The number of benzene rings is 1. The molecule has 1 aliphatic heterocycles. The topological polar surface area (TPSA) is 83.6 Å². The van der Waals surface area contributed by atoms with Crippen molar-refractivity contribution in [3.8, 4) is 0 Å². The lowest BCUT2D eigenvalue weighted by molar-refractivity contribution is -0.137. The highest BCUT2D eigenvalue weighted by atomic mass is 35.5. The maximum Gasteiger partial charge on any atom is 0.303 e. The number of carbonyl (C=O) groups excluding carboxylic acids is 1. The van der Waals surface area contributed by atoms with Gasteiger partial charge in [-0.3, -0.25) is 9.59 Å². The van der Waals surface area contributed by atoms with Gasteiger partial charge in [0.05, 0.1) is 10.7 Å². The first kappa shape index (κ1) is 15.6. The van der Waals surface area contributed by atoms with Crippen molar-refractivity contribution < 1.29 is 14.7 Å². The van der Waals surface area contributed by atoms with Crippen molar-refractivity contribution in [3.63, 3.8) is 0 Å². The SMILES string of the molecule is NC(=O)c1ccc(N2CCCCC2CCC(=O)O)c(Cl)c1. The van der Waals surface area contributed by atoms with Gasteiger partial charge in [-0.2, -0.15) is 0 Å². The first-order valence-corrected chi connectivity index (χ1v) is 7.44. The molecular formula is C15H19ClN2O3. The number of nitrogens with two attached hydrogens (primary N) is 1. The van der Waals surface area contributed by atoms with Crippen molar-refractivity contribution >= 4 is 29.2 Å². The number of aliphatic carboxylic acids is 1. The number of halogens is 1. The van der Waals surface area contributed by atoms with Crippen molar-refractivity contribution in [3.05, 3.63) is 28.8 Å². The van der Waals surface area contributed by atoms with Crippen molar-refractivity contribution in [2.75, 3.05) is 11.4 Å². The third-order valence-electron chi connectivity index (χ3n) is 3.86. The van der Waals surface area contributed by atoms with Crippen LogP contribution in [0, 0.1) is 0 Å². The maximum absolute atomic E-state index is 11.2. The number of carbonyl (C=O) groups is 2. The molecule has 1 aliphatic rings. The fraction of sp³-hybridized carbons (Fsp3) is 0.467. The zero-order chi connectivity index (χ0) is 15.4.